The van der Waals surface area contributed by atoms with Crippen LogP contribution in [0, 0.1) is 5.92 Å². The van der Waals surface area contributed by atoms with E-state index in [1.54, 1.807) is 7.05 Å². The van der Waals surface area contributed by atoms with Crippen molar-refractivity contribution in [3.63, 3.8) is 0 Å². The molecule has 0 aromatic heterocycles. The fourth-order valence-corrected chi connectivity index (χ4v) is 2.39. The first-order valence-corrected chi connectivity index (χ1v) is 6.05. The minimum Gasteiger partial charge on any atom is -0.403 e. The van der Waals surface area contributed by atoms with E-state index in [-0.39, 0.29) is 0 Å². The number of aliphatic hydroxyl groups is 1. The van der Waals surface area contributed by atoms with Crippen molar-refractivity contribution < 1.29 is 5.11 Å². The molecule has 88 valence electrons. The van der Waals surface area contributed by atoms with Crippen molar-refractivity contribution in [2.45, 2.75) is 51.0 Å². The summed E-state index contributed by atoms with van der Waals surface area (Å²) in [6.07, 6.45) is 9.81. The smallest absolute Gasteiger partial charge is 0.0948 e. The quantitative estimate of drug-likeness (QED) is 0.650. The van der Waals surface area contributed by atoms with Gasteiger partial charge in [-0.05, 0) is 18.8 Å². The molecule has 1 unspecified atom stereocenters. The molecule has 4 N–H and O–H groups in total. The first kappa shape index (κ1) is 12.4. The van der Waals surface area contributed by atoms with Crippen LogP contribution < -0.4 is 11.1 Å². The number of aliphatic hydroxyl groups excluding tert-OH is 1. The molecule has 0 aromatic rings. The van der Waals surface area contributed by atoms with Crippen molar-refractivity contribution in [2.75, 3.05) is 7.05 Å². The predicted octanol–water partition coefficient (Wildman–Crippen LogP) is 1.73. The van der Waals surface area contributed by atoms with Gasteiger partial charge in [-0.25, -0.2) is 0 Å². The standard InChI is InChI=1S/C12H24N2O/c1-14-11(9-13)12(15)8-7-10-5-3-2-4-6-10/h9-10,12,14-15H,2-8,13H2,1H3/b11-9-. The summed E-state index contributed by atoms with van der Waals surface area (Å²) >= 11 is 0. The lowest BCUT2D eigenvalue weighted by Gasteiger charge is -2.23. The van der Waals surface area contributed by atoms with Crippen LogP contribution in [0.3, 0.4) is 0 Å². The van der Waals surface area contributed by atoms with E-state index in [1.807, 2.05) is 0 Å². The van der Waals surface area contributed by atoms with E-state index in [0.29, 0.717) is 0 Å². The Bertz CT molecular complexity index is 198. The van der Waals surface area contributed by atoms with Crippen molar-refractivity contribution in [1.29, 1.82) is 0 Å². The van der Waals surface area contributed by atoms with E-state index in [0.717, 1.165) is 24.5 Å². The van der Waals surface area contributed by atoms with Gasteiger partial charge < -0.3 is 16.2 Å². The highest BCUT2D eigenvalue weighted by Crippen LogP contribution is 2.28. The van der Waals surface area contributed by atoms with Crippen LogP contribution in [0.2, 0.25) is 0 Å². The number of hydrogen-bond acceptors (Lipinski definition) is 3. The molecule has 0 spiro atoms. The highest BCUT2D eigenvalue weighted by atomic mass is 16.3. The first-order chi connectivity index (χ1) is 7.27. The zero-order valence-electron chi connectivity index (χ0n) is 9.71. The maximum atomic E-state index is 9.83. The topological polar surface area (TPSA) is 58.3 Å². The van der Waals surface area contributed by atoms with Crippen LogP contribution in [0.25, 0.3) is 0 Å². The third kappa shape index (κ3) is 4.12. The van der Waals surface area contributed by atoms with Gasteiger partial charge in [0.2, 0.25) is 0 Å². The van der Waals surface area contributed by atoms with Crippen LogP contribution in [0.15, 0.2) is 11.9 Å². The number of hydrogen-bond donors (Lipinski definition) is 3. The summed E-state index contributed by atoms with van der Waals surface area (Å²) in [5.41, 5.74) is 6.15. The maximum Gasteiger partial charge on any atom is 0.0948 e. The number of likely N-dealkylation sites (N-methyl/N-ethyl adjacent to an activating group) is 1. The van der Waals surface area contributed by atoms with Crippen molar-refractivity contribution in [3.05, 3.63) is 11.9 Å². The summed E-state index contributed by atoms with van der Waals surface area (Å²) in [5, 5.41) is 12.8. The Kier molecular flexibility index (Phi) is 5.54. The summed E-state index contributed by atoms with van der Waals surface area (Å²) in [5.74, 6) is 0.823. The van der Waals surface area contributed by atoms with E-state index in [1.165, 1.54) is 38.3 Å². The van der Waals surface area contributed by atoms with Gasteiger partial charge in [-0.15, -0.1) is 0 Å². The van der Waals surface area contributed by atoms with Gasteiger partial charge in [-0.1, -0.05) is 32.1 Å². The summed E-state index contributed by atoms with van der Waals surface area (Å²) in [6, 6.07) is 0. The number of rotatable bonds is 5. The zero-order chi connectivity index (χ0) is 11.1. The molecule has 0 aromatic carbocycles. The minimum absolute atomic E-state index is 0.415. The first-order valence-electron chi connectivity index (χ1n) is 6.05. The zero-order valence-corrected chi connectivity index (χ0v) is 9.71. The van der Waals surface area contributed by atoms with Crippen LogP contribution >= 0.6 is 0 Å². The van der Waals surface area contributed by atoms with E-state index in [9.17, 15) is 5.11 Å². The fraction of sp³-hybridized carbons (Fsp3) is 0.833. The lowest BCUT2D eigenvalue weighted by molar-refractivity contribution is 0.175. The van der Waals surface area contributed by atoms with Crippen LogP contribution in [0.4, 0.5) is 0 Å². The molecule has 1 saturated carbocycles. The molecule has 3 nitrogen and oxygen atoms in total. The lowest BCUT2D eigenvalue weighted by atomic mass is 9.85. The monoisotopic (exact) mass is 212 g/mol. The SMILES string of the molecule is CN/C(=C\N)C(O)CCC1CCCCC1. The summed E-state index contributed by atoms with van der Waals surface area (Å²) in [7, 11) is 1.79. The second kappa shape index (κ2) is 6.72. The van der Waals surface area contributed by atoms with E-state index in [2.05, 4.69) is 5.32 Å². The maximum absolute atomic E-state index is 9.83. The average Bonchev–Trinajstić information content (AvgIpc) is 2.29. The third-order valence-electron chi connectivity index (χ3n) is 3.40. The largest absolute Gasteiger partial charge is 0.403 e. The molecule has 0 bridgehead atoms. The van der Waals surface area contributed by atoms with Gasteiger partial charge in [0.25, 0.3) is 0 Å². The van der Waals surface area contributed by atoms with E-state index >= 15 is 0 Å². The molecule has 1 aliphatic rings. The molecular formula is C12H24N2O. The third-order valence-corrected chi connectivity index (χ3v) is 3.40. The molecule has 1 atom stereocenters. The van der Waals surface area contributed by atoms with Gasteiger partial charge in [0.05, 0.1) is 11.8 Å². The van der Waals surface area contributed by atoms with Crippen LogP contribution in [0.5, 0.6) is 0 Å². The lowest BCUT2D eigenvalue weighted by Crippen LogP contribution is -2.23. The molecule has 0 aliphatic heterocycles. The molecule has 0 amide bonds. The Morgan fingerprint density at radius 2 is 2.13 bits per heavy atom. The van der Waals surface area contributed by atoms with Gasteiger partial charge in [0, 0.05) is 13.2 Å². The second-order valence-electron chi connectivity index (χ2n) is 4.47. The average molecular weight is 212 g/mol. The molecule has 3 heteroatoms. The minimum atomic E-state index is -0.415. The van der Waals surface area contributed by atoms with Gasteiger partial charge in [-0.3, -0.25) is 0 Å². The normalized spacial score (nSPS) is 21.3. The fourth-order valence-electron chi connectivity index (χ4n) is 2.39. The van der Waals surface area contributed by atoms with Crippen molar-refractivity contribution in [1.82, 2.24) is 5.32 Å². The Morgan fingerprint density at radius 3 is 2.67 bits per heavy atom. The summed E-state index contributed by atoms with van der Waals surface area (Å²) < 4.78 is 0. The molecule has 15 heavy (non-hydrogen) atoms. The summed E-state index contributed by atoms with van der Waals surface area (Å²) in [4.78, 5) is 0. The van der Waals surface area contributed by atoms with E-state index < -0.39 is 6.10 Å². The van der Waals surface area contributed by atoms with Gasteiger partial charge in [-0.2, -0.15) is 0 Å². The van der Waals surface area contributed by atoms with Crippen molar-refractivity contribution >= 4 is 0 Å². The van der Waals surface area contributed by atoms with E-state index in [4.69, 9.17) is 5.73 Å². The second-order valence-corrected chi connectivity index (χ2v) is 4.47. The van der Waals surface area contributed by atoms with Crippen molar-refractivity contribution in [3.8, 4) is 0 Å². The molecular weight excluding hydrogens is 188 g/mol. The van der Waals surface area contributed by atoms with Crippen molar-refractivity contribution in [2.24, 2.45) is 11.7 Å². The molecule has 0 saturated heterocycles. The highest BCUT2D eigenvalue weighted by molar-refractivity contribution is 5.02. The number of nitrogens with two attached hydrogens (primary N) is 1. The Hall–Kier alpha value is -0.700. The van der Waals surface area contributed by atoms with Crippen LogP contribution in [-0.2, 0) is 0 Å². The summed E-state index contributed by atoms with van der Waals surface area (Å²) in [6.45, 7) is 0. The molecule has 0 heterocycles. The van der Waals surface area contributed by atoms with Gasteiger partial charge in [0.15, 0.2) is 0 Å². The molecule has 0 radical (unpaired) electrons. The molecule has 1 aliphatic carbocycles. The Labute approximate surface area is 92.7 Å². The van der Waals surface area contributed by atoms with Gasteiger partial charge in [0.1, 0.15) is 0 Å². The number of nitrogens with one attached hydrogen (secondary N) is 1. The Balaban J connectivity index is 2.23. The Morgan fingerprint density at radius 1 is 1.47 bits per heavy atom. The molecule has 1 rings (SSSR count). The van der Waals surface area contributed by atoms with Crippen LogP contribution in [-0.4, -0.2) is 18.3 Å². The van der Waals surface area contributed by atoms with Crippen LogP contribution in [0.1, 0.15) is 44.9 Å². The predicted molar refractivity (Wildman–Crippen MR) is 63.1 cm³/mol. The van der Waals surface area contributed by atoms with Gasteiger partial charge >= 0.3 is 0 Å². The highest BCUT2D eigenvalue weighted by Gasteiger charge is 2.16. The molecule has 1 fully saturated rings.